The number of hydrogen-bond acceptors (Lipinski definition) is 0. The Morgan fingerprint density at radius 2 is 1.27 bits per heavy atom. The Labute approximate surface area is 221 Å². The highest BCUT2D eigenvalue weighted by molar-refractivity contribution is 5.91. The lowest BCUT2D eigenvalue weighted by molar-refractivity contribution is -0.660. The first-order chi connectivity index (χ1) is 18.1. The predicted octanol–water partition coefficient (Wildman–Crippen LogP) is 9.33. The molecule has 0 N–H and O–H groups in total. The largest absolute Gasteiger partial charge is 0.213 e. The minimum atomic E-state index is 0.639. The summed E-state index contributed by atoms with van der Waals surface area (Å²) in [4.78, 5) is 0. The van der Waals surface area contributed by atoms with Crippen molar-refractivity contribution in [2.24, 2.45) is 7.05 Å². The van der Waals surface area contributed by atoms with Crippen LogP contribution in [-0.4, -0.2) is 0 Å². The van der Waals surface area contributed by atoms with Crippen LogP contribution in [0, 0.1) is 13.8 Å². The van der Waals surface area contributed by atoms with E-state index in [4.69, 9.17) is 0 Å². The predicted molar refractivity (Wildman–Crippen MR) is 157 cm³/mol. The van der Waals surface area contributed by atoms with Gasteiger partial charge in [0, 0.05) is 17.2 Å². The number of rotatable bonds is 4. The Hall–Kier alpha value is -3.71. The molecule has 1 heterocycles. The Morgan fingerprint density at radius 1 is 0.622 bits per heavy atom. The molecule has 0 unspecified atom stereocenters. The van der Waals surface area contributed by atoms with Gasteiger partial charge in [-0.25, -0.2) is 4.57 Å². The molecule has 0 radical (unpaired) electrons. The van der Waals surface area contributed by atoms with Gasteiger partial charge in [-0.05, 0) is 89.4 Å². The average Bonchev–Trinajstić information content (AvgIpc) is 2.94. The summed E-state index contributed by atoms with van der Waals surface area (Å²) in [6, 6.07) is 34.0. The molecule has 5 aromatic rings. The summed E-state index contributed by atoms with van der Waals surface area (Å²) in [5, 5.41) is 2.59. The molecule has 0 bridgehead atoms. The van der Waals surface area contributed by atoms with Gasteiger partial charge in [0.05, 0.1) is 0 Å². The lowest BCUT2D eigenvalue weighted by Crippen LogP contribution is -2.32. The number of hydrogen-bond donors (Lipinski definition) is 0. The van der Waals surface area contributed by atoms with E-state index in [-0.39, 0.29) is 0 Å². The summed E-state index contributed by atoms with van der Waals surface area (Å²) in [5.74, 6) is 0.639. The third-order valence-electron chi connectivity index (χ3n) is 8.31. The van der Waals surface area contributed by atoms with E-state index in [9.17, 15) is 0 Å². The van der Waals surface area contributed by atoms with Crippen molar-refractivity contribution in [1.82, 2.24) is 0 Å². The molecule has 37 heavy (non-hydrogen) atoms. The summed E-state index contributed by atoms with van der Waals surface area (Å²) >= 11 is 0. The third-order valence-corrected chi connectivity index (χ3v) is 8.31. The minimum Gasteiger partial charge on any atom is -0.201 e. The van der Waals surface area contributed by atoms with E-state index in [1.165, 1.54) is 93.1 Å². The van der Waals surface area contributed by atoms with Gasteiger partial charge in [-0.15, -0.1) is 0 Å². The number of nitrogens with zero attached hydrogens (tertiary/aromatic N) is 1. The smallest absolute Gasteiger partial charge is 0.201 e. The van der Waals surface area contributed by atoms with Crippen LogP contribution in [0.1, 0.15) is 54.7 Å². The zero-order valence-corrected chi connectivity index (χ0v) is 22.3. The van der Waals surface area contributed by atoms with Crippen molar-refractivity contribution in [2.45, 2.75) is 51.9 Å². The van der Waals surface area contributed by atoms with Crippen LogP contribution in [-0.2, 0) is 7.05 Å². The molecule has 0 amide bonds. The monoisotopic (exact) mass is 482 g/mol. The molecule has 1 aromatic heterocycles. The van der Waals surface area contributed by atoms with Gasteiger partial charge in [-0.3, -0.25) is 0 Å². The molecule has 0 atom stereocenters. The molecule has 0 spiro atoms. The summed E-state index contributed by atoms with van der Waals surface area (Å²) in [6.07, 6.45) is 9.07. The molecular weight excluding hydrogens is 446 g/mol. The summed E-state index contributed by atoms with van der Waals surface area (Å²) in [5.41, 5.74) is 12.0. The molecule has 1 heteroatoms. The first-order valence-electron chi connectivity index (χ1n) is 13.8. The Bertz CT molecular complexity index is 1570. The molecule has 1 aliphatic carbocycles. The van der Waals surface area contributed by atoms with Gasteiger partial charge in [0.2, 0.25) is 5.69 Å². The van der Waals surface area contributed by atoms with Crippen LogP contribution in [0.15, 0.2) is 97.2 Å². The summed E-state index contributed by atoms with van der Waals surface area (Å²) in [7, 11) is 2.21. The number of fused-ring (bicyclic) bond motifs is 1. The number of aromatic nitrogens is 1. The van der Waals surface area contributed by atoms with Crippen molar-refractivity contribution in [1.29, 1.82) is 0 Å². The molecular formula is C36H36N+. The second-order valence-corrected chi connectivity index (χ2v) is 10.9. The molecule has 184 valence electrons. The zero-order chi connectivity index (χ0) is 25.4. The first kappa shape index (κ1) is 23.7. The van der Waals surface area contributed by atoms with Crippen LogP contribution >= 0.6 is 0 Å². The lowest BCUT2D eigenvalue weighted by atomic mass is 9.81. The number of pyridine rings is 1. The van der Waals surface area contributed by atoms with Crippen LogP contribution in [0.5, 0.6) is 0 Å². The fourth-order valence-electron chi connectivity index (χ4n) is 6.13. The minimum absolute atomic E-state index is 0.639. The normalized spacial score (nSPS) is 14.2. The van der Waals surface area contributed by atoms with Gasteiger partial charge in [0.1, 0.15) is 7.05 Å². The molecule has 1 aliphatic rings. The van der Waals surface area contributed by atoms with Crippen molar-refractivity contribution < 1.29 is 4.57 Å². The highest BCUT2D eigenvalue weighted by Gasteiger charge is 2.25. The van der Waals surface area contributed by atoms with Gasteiger partial charge in [-0.2, -0.15) is 0 Å². The zero-order valence-electron chi connectivity index (χ0n) is 22.3. The quantitative estimate of drug-likeness (QED) is 0.225. The van der Waals surface area contributed by atoms with Crippen molar-refractivity contribution in [3.8, 4) is 33.5 Å². The molecule has 0 saturated heterocycles. The van der Waals surface area contributed by atoms with Crippen molar-refractivity contribution >= 4 is 10.8 Å². The molecule has 0 aliphatic heterocycles. The van der Waals surface area contributed by atoms with Crippen LogP contribution in [0.3, 0.4) is 0 Å². The average molecular weight is 483 g/mol. The van der Waals surface area contributed by atoms with E-state index < -0.39 is 0 Å². The van der Waals surface area contributed by atoms with Gasteiger partial charge in [0.25, 0.3) is 0 Å². The molecule has 1 nitrogen and oxygen atoms in total. The Morgan fingerprint density at radius 3 is 2.00 bits per heavy atom. The number of aryl methyl sites for hydroxylation is 3. The summed E-state index contributed by atoms with van der Waals surface area (Å²) in [6.45, 7) is 4.35. The van der Waals surface area contributed by atoms with Crippen molar-refractivity contribution in [2.75, 3.05) is 0 Å². The lowest BCUT2D eigenvalue weighted by Gasteiger charge is -2.24. The van der Waals surface area contributed by atoms with Gasteiger partial charge in [0.15, 0.2) is 6.20 Å². The van der Waals surface area contributed by atoms with Crippen LogP contribution < -0.4 is 4.57 Å². The number of benzene rings is 4. The molecule has 6 rings (SSSR count). The van der Waals surface area contributed by atoms with Gasteiger partial charge >= 0.3 is 0 Å². The SMILES string of the molecule is Cc1ccc(-c2ccc3cc(-c4cc(-c5ccccc5C)[n+](C)cc4C4CCCCC4)ccc3c2)cc1. The van der Waals surface area contributed by atoms with E-state index in [0.717, 1.165) is 0 Å². The maximum absolute atomic E-state index is 2.45. The topological polar surface area (TPSA) is 3.88 Å². The van der Waals surface area contributed by atoms with E-state index in [0.29, 0.717) is 5.92 Å². The van der Waals surface area contributed by atoms with Crippen LogP contribution in [0.2, 0.25) is 0 Å². The highest BCUT2D eigenvalue weighted by Crippen LogP contribution is 2.40. The Kier molecular flexibility index (Phi) is 6.38. The summed E-state index contributed by atoms with van der Waals surface area (Å²) < 4.78 is 2.35. The third kappa shape index (κ3) is 4.71. The fraction of sp³-hybridized carbons (Fsp3) is 0.250. The Balaban J connectivity index is 1.48. The second kappa shape index (κ2) is 9.98. The molecule has 4 aromatic carbocycles. The maximum Gasteiger partial charge on any atom is 0.213 e. The fourth-order valence-corrected chi connectivity index (χ4v) is 6.13. The molecule has 1 saturated carbocycles. The molecule has 1 fully saturated rings. The second-order valence-electron chi connectivity index (χ2n) is 10.9. The van der Waals surface area contributed by atoms with Crippen molar-refractivity contribution in [3.63, 3.8) is 0 Å². The maximum atomic E-state index is 2.45. The van der Waals surface area contributed by atoms with E-state index >= 15 is 0 Å². The van der Waals surface area contributed by atoms with Gasteiger partial charge < -0.3 is 0 Å². The van der Waals surface area contributed by atoms with E-state index in [1.54, 1.807) is 0 Å². The van der Waals surface area contributed by atoms with E-state index in [1.807, 2.05) is 0 Å². The standard InChI is InChI=1S/C36H36N/c1-25-13-15-27(16-14-25)29-17-18-31-22-32(20-19-30(31)21-29)34-23-36(33-12-8-7-9-26(33)2)37(3)24-35(34)28-10-5-4-6-11-28/h7-9,12-24,28H,4-6,10-11H2,1-3H3/q+1. The van der Waals surface area contributed by atoms with E-state index in [2.05, 4.69) is 123 Å². The van der Waals surface area contributed by atoms with Crippen LogP contribution in [0.4, 0.5) is 0 Å². The van der Waals surface area contributed by atoms with Crippen LogP contribution in [0.25, 0.3) is 44.3 Å². The first-order valence-corrected chi connectivity index (χ1v) is 13.8. The van der Waals surface area contributed by atoms with Crippen molar-refractivity contribution in [3.05, 3.63) is 114 Å². The van der Waals surface area contributed by atoms with Gasteiger partial charge in [-0.1, -0.05) is 91.6 Å². The highest BCUT2D eigenvalue weighted by atomic mass is 14.9.